The van der Waals surface area contributed by atoms with Crippen LogP contribution in [0, 0.1) is 0 Å². The molecule has 2 aromatic heterocycles. The van der Waals surface area contributed by atoms with Crippen molar-refractivity contribution in [2.75, 3.05) is 0 Å². The molecule has 0 aromatic carbocycles. The fraction of sp³-hybridized carbons (Fsp3) is 0.200. The molecule has 0 aliphatic rings. The fourth-order valence-electron chi connectivity index (χ4n) is 1.30. The molecule has 2 rings (SSSR count). The summed E-state index contributed by atoms with van der Waals surface area (Å²) in [6.45, 7) is 4.07. The Kier molecular flexibility index (Phi) is 1.85. The van der Waals surface area contributed by atoms with Gasteiger partial charge in [0.15, 0.2) is 5.65 Å². The number of rotatable bonds is 1. The zero-order chi connectivity index (χ0) is 9.26. The highest BCUT2D eigenvalue weighted by Gasteiger charge is 2.05. The Hall–Kier alpha value is -1.64. The number of allylic oxidation sites excluding steroid dienone is 2. The first kappa shape index (κ1) is 7.98. The third-order valence-corrected chi connectivity index (χ3v) is 2.16. The number of nitrogens with zero attached hydrogens (tertiary/aromatic N) is 2. The van der Waals surface area contributed by atoms with Gasteiger partial charge in [-0.2, -0.15) is 5.10 Å². The van der Waals surface area contributed by atoms with E-state index >= 15 is 0 Å². The summed E-state index contributed by atoms with van der Waals surface area (Å²) in [6.07, 6.45) is 3.80. The van der Waals surface area contributed by atoms with Crippen LogP contribution in [-0.2, 0) is 0 Å². The van der Waals surface area contributed by atoms with Crippen molar-refractivity contribution in [3.8, 4) is 0 Å². The summed E-state index contributed by atoms with van der Waals surface area (Å²) in [5, 5.41) is 8.18. The molecule has 0 spiro atoms. The van der Waals surface area contributed by atoms with Crippen LogP contribution in [0.1, 0.15) is 19.5 Å². The summed E-state index contributed by atoms with van der Waals surface area (Å²) in [7, 11) is 0. The summed E-state index contributed by atoms with van der Waals surface area (Å²) in [6, 6.07) is 3.94. The van der Waals surface area contributed by atoms with Crippen molar-refractivity contribution in [3.05, 3.63) is 30.1 Å². The van der Waals surface area contributed by atoms with Gasteiger partial charge in [0.2, 0.25) is 0 Å². The number of hydrogen-bond donors (Lipinski definition) is 1. The van der Waals surface area contributed by atoms with Crippen molar-refractivity contribution in [3.63, 3.8) is 0 Å². The molecule has 2 heterocycles. The minimum absolute atomic E-state index is 0.777. The number of pyridine rings is 1. The van der Waals surface area contributed by atoms with Gasteiger partial charge in [-0.25, -0.2) is 4.98 Å². The standard InChI is InChI=1S/C10H11N3/c1-3-7(2)9-8-5-4-6-11-10(8)13-12-9/h3-6H,1-2H3,(H,11,12,13)/b7-3-. The summed E-state index contributed by atoms with van der Waals surface area (Å²) in [5.74, 6) is 0. The van der Waals surface area contributed by atoms with E-state index in [1.807, 2.05) is 19.1 Å². The molecule has 66 valence electrons. The fourth-order valence-corrected chi connectivity index (χ4v) is 1.30. The summed E-state index contributed by atoms with van der Waals surface area (Å²) < 4.78 is 0. The number of hydrogen-bond acceptors (Lipinski definition) is 2. The van der Waals surface area contributed by atoms with Gasteiger partial charge in [-0.1, -0.05) is 6.08 Å². The Balaban J connectivity index is 2.71. The second-order valence-corrected chi connectivity index (χ2v) is 2.94. The van der Waals surface area contributed by atoms with Gasteiger partial charge in [0.1, 0.15) is 0 Å². The summed E-state index contributed by atoms with van der Waals surface area (Å²) in [4.78, 5) is 4.15. The Morgan fingerprint density at radius 2 is 2.38 bits per heavy atom. The molecule has 3 nitrogen and oxygen atoms in total. The molecular weight excluding hydrogens is 162 g/mol. The van der Waals surface area contributed by atoms with E-state index in [0.717, 1.165) is 16.7 Å². The maximum absolute atomic E-state index is 4.15. The van der Waals surface area contributed by atoms with Crippen molar-refractivity contribution < 1.29 is 0 Å². The highest BCUT2D eigenvalue weighted by atomic mass is 15.1. The van der Waals surface area contributed by atoms with E-state index < -0.39 is 0 Å². The molecule has 0 atom stereocenters. The first-order chi connectivity index (χ1) is 6.33. The lowest BCUT2D eigenvalue weighted by Gasteiger charge is -1.95. The van der Waals surface area contributed by atoms with Crippen LogP contribution in [0.2, 0.25) is 0 Å². The van der Waals surface area contributed by atoms with E-state index in [2.05, 4.69) is 28.2 Å². The van der Waals surface area contributed by atoms with Gasteiger partial charge in [0.25, 0.3) is 0 Å². The molecule has 3 heteroatoms. The van der Waals surface area contributed by atoms with Gasteiger partial charge in [-0.05, 0) is 31.6 Å². The molecule has 2 aromatic rings. The Morgan fingerprint density at radius 3 is 3.15 bits per heavy atom. The normalized spacial score (nSPS) is 12.3. The van der Waals surface area contributed by atoms with E-state index in [1.54, 1.807) is 6.20 Å². The lowest BCUT2D eigenvalue weighted by atomic mass is 10.1. The minimum Gasteiger partial charge on any atom is -0.275 e. The SMILES string of the molecule is C/C=C(/C)c1[nH]nc2ncccc12. The lowest BCUT2D eigenvalue weighted by molar-refractivity contribution is 1.08. The Morgan fingerprint density at radius 1 is 1.54 bits per heavy atom. The van der Waals surface area contributed by atoms with Crippen LogP contribution in [0.4, 0.5) is 0 Å². The first-order valence-electron chi connectivity index (χ1n) is 4.25. The predicted molar refractivity (Wildman–Crippen MR) is 53.2 cm³/mol. The second-order valence-electron chi connectivity index (χ2n) is 2.94. The molecule has 13 heavy (non-hydrogen) atoms. The average Bonchev–Trinajstić information content (AvgIpc) is 2.60. The molecule has 0 fully saturated rings. The van der Waals surface area contributed by atoms with Crippen LogP contribution in [0.3, 0.4) is 0 Å². The largest absolute Gasteiger partial charge is 0.275 e. The van der Waals surface area contributed by atoms with Crippen molar-refractivity contribution in [1.82, 2.24) is 15.2 Å². The number of H-pyrrole nitrogens is 1. The highest BCUT2D eigenvalue weighted by Crippen LogP contribution is 2.19. The molecule has 0 aliphatic heterocycles. The maximum atomic E-state index is 4.15. The van der Waals surface area contributed by atoms with Crippen LogP contribution in [0.25, 0.3) is 16.6 Å². The van der Waals surface area contributed by atoms with E-state index in [-0.39, 0.29) is 0 Å². The average molecular weight is 173 g/mol. The van der Waals surface area contributed by atoms with Gasteiger partial charge in [-0.3, -0.25) is 5.10 Å². The van der Waals surface area contributed by atoms with Crippen LogP contribution in [-0.4, -0.2) is 15.2 Å². The van der Waals surface area contributed by atoms with Crippen molar-refractivity contribution in [2.24, 2.45) is 0 Å². The molecule has 0 unspecified atom stereocenters. The zero-order valence-corrected chi connectivity index (χ0v) is 7.70. The van der Waals surface area contributed by atoms with Crippen molar-refractivity contribution >= 4 is 16.6 Å². The summed E-state index contributed by atoms with van der Waals surface area (Å²) >= 11 is 0. The molecule has 0 saturated heterocycles. The highest BCUT2D eigenvalue weighted by molar-refractivity contribution is 5.87. The molecule has 0 aliphatic carbocycles. The monoisotopic (exact) mass is 173 g/mol. The smallest absolute Gasteiger partial charge is 0.181 e. The molecule has 0 bridgehead atoms. The summed E-state index contributed by atoms with van der Waals surface area (Å²) in [5.41, 5.74) is 3.03. The Labute approximate surface area is 76.5 Å². The Bertz CT molecular complexity index is 454. The van der Waals surface area contributed by atoms with Gasteiger partial charge >= 0.3 is 0 Å². The number of nitrogens with one attached hydrogen (secondary N) is 1. The third kappa shape index (κ3) is 1.22. The molecule has 1 N–H and O–H groups in total. The maximum Gasteiger partial charge on any atom is 0.181 e. The van der Waals surface area contributed by atoms with Crippen LogP contribution in [0.5, 0.6) is 0 Å². The van der Waals surface area contributed by atoms with Crippen LogP contribution >= 0.6 is 0 Å². The van der Waals surface area contributed by atoms with Gasteiger partial charge < -0.3 is 0 Å². The van der Waals surface area contributed by atoms with Crippen LogP contribution in [0.15, 0.2) is 24.4 Å². The number of aromatic nitrogens is 3. The van der Waals surface area contributed by atoms with Crippen LogP contribution < -0.4 is 0 Å². The zero-order valence-electron chi connectivity index (χ0n) is 7.70. The number of fused-ring (bicyclic) bond motifs is 1. The van der Waals surface area contributed by atoms with Crippen molar-refractivity contribution in [1.29, 1.82) is 0 Å². The third-order valence-electron chi connectivity index (χ3n) is 2.16. The molecule has 0 radical (unpaired) electrons. The van der Waals surface area contributed by atoms with E-state index in [0.29, 0.717) is 0 Å². The lowest BCUT2D eigenvalue weighted by Crippen LogP contribution is -1.79. The van der Waals surface area contributed by atoms with Gasteiger partial charge in [0, 0.05) is 11.6 Å². The minimum atomic E-state index is 0.777. The van der Waals surface area contributed by atoms with Gasteiger partial charge in [0.05, 0.1) is 5.69 Å². The topological polar surface area (TPSA) is 41.6 Å². The predicted octanol–water partition coefficient (Wildman–Crippen LogP) is 2.38. The first-order valence-corrected chi connectivity index (χ1v) is 4.25. The molecular formula is C10H11N3. The van der Waals surface area contributed by atoms with E-state index in [9.17, 15) is 0 Å². The van der Waals surface area contributed by atoms with Crippen molar-refractivity contribution in [2.45, 2.75) is 13.8 Å². The second kappa shape index (κ2) is 3.01. The van der Waals surface area contributed by atoms with E-state index in [1.165, 1.54) is 5.57 Å². The molecule has 0 amide bonds. The quantitative estimate of drug-likeness (QED) is 0.719. The number of aromatic amines is 1. The molecule has 0 saturated carbocycles. The van der Waals surface area contributed by atoms with E-state index in [4.69, 9.17) is 0 Å². The van der Waals surface area contributed by atoms with Gasteiger partial charge in [-0.15, -0.1) is 0 Å².